The van der Waals surface area contributed by atoms with Gasteiger partial charge in [-0.05, 0) is 12.1 Å². The molecule has 8 nitrogen and oxygen atoms in total. The Morgan fingerprint density at radius 1 is 1.00 bits per heavy atom. The van der Waals surface area contributed by atoms with Crippen LogP contribution in [0.3, 0.4) is 0 Å². The van der Waals surface area contributed by atoms with Gasteiger partial charge in [-0.1, -0.05) is 30.0 Å². The SMILES string of the molecule is CC(=O)OCC1O[C@@H](Sc2ccccc2)C(O)C(OC(C)=O)[C@@H]1OC(C)=O. The Balaban J connectivity index is 2.27. The molecule has 27 heavy (non-hydrogen) atoms. The van der Waals surface area contributed by atoms with E-state index in [1.54, 1.807) is 0 Å². The van der Waals surface area contributed by atoms with Gasteiger partial charge in [-0.2, -0.15) is 0 Å². The fourth-order valence-electron chi connectivity index (χ4n) is 2.62. The number of benzene rings is 1. The molecule has 2 rings (SSSR count). The van der Waals surface area contributed by atoms with Crippen LogP contribution in [-0.2, 0) is 33.3 Å². The van der Waals surface area contributed by atoms with Gasteiger partial charge in [0.05, 0.1) is 0 Å². The molecule has 1 heterocycles. The molecule has 1 N–H and O–H groups in total. The van der Waals surface area contributed by atoms with Crippen LogP contribution in [0.15, 0.2) is 35.2 Å². The summed E-state index contributed by atoms with van der Waals surface area (Å²) in [5.41, 5.74) is -0.830. The van der Waals surface area contributed by atoms with Gasteiger partial charge >= 0.3 is 17.9 Å². The third kappa shape index (κ3) is 6.23. The molecule has 1 fully saturated rings. The van der Waals surface area contributed by atoms with Crippen molar-refractivity contribution < 1.29 is 38.4 Å². The van der Waals surface area contributed by atoms with E-state index in [1.165, 1.54) is 32.5 Å². The van der Waals surface area contributed by atoms with Crippen molar-refractivity contribution in [3.8, 4) is 0 Å². The summed E-state index contributed by atoms with van der Waals surface area (Å²) in [5, 5.41) is 10.7. The summed E-state index contributed by atoms with van der Waals surface area (Å²) in [6, 6.07) is 9.18. The molecule has 0 aliphatic carbocycles. The van der Waals surface area contributed by atoms with Gasteiger partial charge in [-0.25, -0.2) is 0 Å². The highest BCUT2D eigenvalue weighted by molar-refractivity contribution is 7.99. The molecule has 0 bridgehead atoms. The Labute approximate surface area is 161 Å². The zero-order valence-electron chi connectivity index (χ0n) is 15.2. The van der Waals surface area contributed by atoms with E-state index in [2.05, 4.69) is 0 Å². The monoisotopic (exact) mass is 398 g/mol. The lowest BCUT2D eigenvalue weighted by Crippen LogP contribution is -2.60. The number of carbonyl (C=O) groups excluding carboxylic acids is 3. The molecule has 1 saturated heterocycles. The normalized spacial score (nSPS) is 27.5. The number of rotatable bonds is 6. The van der Waals surface area contributed by atoms with E-state index in [-0.39, 0.29) is 6.61 Å². The minimum atomic E-state index is -1.27. The topological polar surface area (TPSA) is 108 Å². The van der Waals surface area contributed by atoms with Crippen LogP contribution in [0.5, 0.6) is 0 Å². The Morgan fingerprint density at radius 2 is 1.59 bits per heavy atom. The molecule has 3 unspecified atom stereocenters. The summed E-state index contributed by atoms with van der Waals surface area (Å²) in [6.45, 7) is 3.39. The van der Waals surface area contributed by atoms with Crippen LogP contribution in [0.2, 0.25) is 0 Å². The number of ether oxygens (including phenoxy) is 4. The molecule has 0 radical (unpaired) electrons. The summed E-state index contributed by atoms with van der Waals surface area (Å²) in [7, 11) is 0. The standard InChI is InChI=1S/C18H22O8S/c1-10(19)23-9-14-16(24-11(2)20)17(25-12(3)21)15(22)18(26-14)27-13-7-5-4-6-8-13/h4-8,14-18,22H,9H2,1-3H3/t14?,15?,16-,17?,18+/m1/s1. The second-order valence-corrected chi connectivity index (χ2v) is 7.09. The predicted molar refractivity (Wildman–Crippen MR) is 94.7 cm³/mol. The number of carbonyl (C=O) groups is 3. The zero-order chi connectivity index (χ0) is 20.0. The highest BCUT2D eigenvalue weighted by Gasteiger charge is 2.50. The lowest BCUT2D eigenvalue weighted by Gasteiger charge is -2.42. The van der Waals surface area contributed by atoms with Gasteiger partial charge in [0.25, 0.3) is 0 Å². The number of aliphatic hydroxyl groups is 1. The van der Waals surface area contributed by atoms with Crippen molar-refractivity contribution >= 4 is 29.7 Å². The molecule has 0 aromatic heterocycles. The minimum Gasteiger partial charge on any atom is -0.463 e. The van der Waals surface area contributed by atoms with Crippen LogP contribution in [0.4, 0.5) is 0 Å². The fourth-order valence-corrected chi connectivity index (χ4v) is 3.69. The van der Waals surface area contributed by atoms with Gasteiger partial charge in [0, 0.05) is 25.7 Å². The number of hydrogen-bond acceptors (Lipinski definition) is 9. The smallest absolute Gasteiger partial charge is 0.303 e. The average Bonchev–Trinajstić information content (AvgIpc) is 2.59. The van der Waals surface area contributed by atoms with Gasteiger partial charge in [0.2, 0.25) is 0 Å². The van der Waals surface area contributed by atoms with Gasteiger partial charge in [-0.15, -0.1) is 0 Å². The summed E-state index contributed by atoms with van der Waals surface area (Å²) in [4.78, 5) is 35.0. The van der Waals surface area contributed by atoms with E-state index < -0.39 is 47.8 Å². The molecule has 1 aromatic carbocycles. The van der Waals surface area contributed by atoms with Crippen molar-refractivity contribution in [3.63, 3.8) is 0 Å². The van der Waals surface area contributed by atoms with E-state index in [4.69, 9.17) is 18.9 Å². The molecule has 5 atom stereocenters. The van der Waals surface area contributed by atoms with Crippen LogP contribution < -0.4 is 0 Å². The lowest BCUT2D eigenvalue weighted by molar-refractivity contribution is -0.231. The van der Waals surface area contributed by atoms with Crippen LogP contribution in [0.1, 0.15) is 20.8 Å². The van der Waals surface area contributed by atoms with Crippen LogP contribution in [0, 0.1) is 0 Å². The van der Waals surface area contributed by atoms with E-state index in [0.717, 1.165) is 4.90 Å². The van der Waals surface area contributed by atoms with Gasteiger partial charge in [0.15, 0.2) is 12.2 Å². The van der Waals surface area contributed by atoms with E-state index >= 15 is 0 Å². The Hall–Kier alpha value is -2.10. The van der Waals surface area contributed by atoms with Crippen LogP contribution >= 0.6 is 11.8 Å². The van der Waals surface area contributed by atoms with Crippen molar-refractivity contribution in [2.24, 2.45) is 0 Å². The Morgan fingerprint density at radius 3 is 2.15 bits per heavy atom. The van der Waals surface area contributed by atoms with Gasteiger partial charge in [-0.3, -0.25) is 14.4 Å². The third-order valence-corrected chi connectivity index (χ3v) is 4.83. The van der Waals surface area contributed by atoms with Crippen LogP contribution in [0.25, 0.3) is 0 Å². The largest absolute Gasteiger partial charge is 0.463 e. The van der Waals surface area contributed by atoms with Crippen molar-refractivity contribution in [2.45, 2.75) is 55.5 Å². The molecule has 1 aromatic rings. The summed E-state index contributed by atoms with van der Waals surface area (Å²) < 4.78 is 21.3. The summed E-state index contributed by atoms with van der Waals surface area (Å²) >= 11 is 1.22. The van der Waals surface area contributed by atoms with Gasteiger partial charge in [0.1, 0.15) is 24.3 Å². The number of hydrogen-bond donors (Lipinski definition) is 1. The summed E-state index contributed by atoms with van der Waals surface area (Å²) in [5.74, 6) is -1.83. The van der Waals surface area contributed by atoms with Crippen molar-refractivity contribution in [1.29, 1.82) is 0 Å². The molecule has 0 amide bonds. The molecule has 1 aliphatic heterocycles. The maximum absolute atomic E-state index is 11.5. The highest BCUT2D eigenvalue weighted by Crippen LogP contribution is 2.35. The quantitative estimate of drug-likeness (QED) is 0.560. The number of esters is 3. The first-order valence-electron chi connectivity index (χ1n) is 8.31. The zero-order valence-corrected chi connectivity index (χ0v) is 16.0. The maximum atomic E-state index is 11.5. The second kappa shape index (κ2) is 9.72. The first kappa shape index (κ1) is 21.2. The average molecular weight is 398 g/mol. The molecule has 9 heteroatoms. The van der Waals surface area contributed by atoms with Crippen molar-refractivity contribution in [3.05, 3.63) is 30.3 Å². The Kier molecular flexibility index (Phi) is 7.64. The molecule has 0 saturated carbocycles. The number of aliphatic hydroxyl groups excluding tert-OH is 1. The molecule has 0 spiro atoms. The van der Waals surface area contributed by atoms with Crippen LogP contribution in [-0.4, -0.2) is 59.5 Å². The minimum absolute atomic E-state index is 0.219. The van der Waals surface area contributed by atoms with E-state index in [0.29, 0.717) is 0 Å². The molecular weight excluding hydrogens is 376 g/mol. The number of thioether (sulfide) groups is 1. The Bertz CT molecular complexity index is 665. The van der Waals surface area contributed by atoms with Gasteiger partial charge < -0.3 is 24.1 Å². The second-order valence-electron chi connectivity index (χ2n) is 5.92. The molecular formula is C18H22O8S. The predicted octanol–water partition coefficient (Wildman–Crippen LogP) is 1.29. The van der Waals surface area contributed by atoms with E-state index in [1.807, 2.05) is 30.3 Å². The third-order valence-electron chi connectivity index (χ3n) is 3.66. The van der Waals surface area contributed by atoms with E-state index in [9.17, 15) is 19.5 Å². The lowest BCUT2D eigenvalue weighted by atomic mass is 9.99. The summed E-state index contributed by atoms with van der Waals surface area (Å²) in [6.07, 6.45) is -4.46. The first-order valence-corrected chi connectivity index (χ1v) is 9.19. The first-order chi connectivity index (χ1) is 12.8. The maximum Gasteiger partial charge on any atom is 0.303 e. The highest BCUT2D eigenvalue weighted by atomic mass is 32.2. The molecule has 148 valence electrons. The van der Waals surface area contributed by atoms with Crippen molar-refractivity contribution in [1.82, 2.24) is 0 Å². The fraction of sp³-hybridized carbons (Fsp3) is 0.500. The molecule has 1 aliphatic rings. The van der Waals surface area contributed by atoms with Crippen molar-refractivity contribution in [2.75, 3.05) is 6.61 Å².